The van der Waals surface area contributed by atoms with Crippen molar-refractivity contribution in [2.75, 3.05) is 46.8 Å². The summed E-state index contributed by atoms with van der Waals surface area (Å²) in [5.74, 6) is 1.07. The molecule has 21 heavy (non-hydrogen) atoms. The number of rotatable bonds is 9. The van der Waals surface area contributed by atoms with Gasteiger partial charge in [-0.15, -0.1) is 0 Å². The van der Waals surface area contributed by atoms with Gasteiger partial charge in [0.25, 0.3) is 0 Å². The Morgan fingerprint density at radius 1 is 1.19 bits per heavy atom. The average molecular weight is 298 g/mol. The van der Waals surface area contributed by atoms with Gasteiger partial charge in [-0.2, -0.15) is 0 Å². The molecule has 1 rings (SSSR count). The lowest BCUT2D eigenvalue weighted by Crippen LogP contribution is -2.18. The van der Waals surface area contributed by atoms with Crippen LogP contribution in [0.25, 0.3) is 0 Å². The Morgan fingerprint density at radius 3 is 2.38 bits per heavy atom. The number of pyridine rings is 1. The molecule has 0 aliphatic rings. The number of aryl methyl sites for hydroxylation is 1. The van der Waals surface area contributed by atoms with Gasteiger partial charge in [0.1, 0.15) is 12.6 Å². The summed E-state index contributed by atoms with van der Waals surface area (Å²) in [5.41, 5.74) is 1.69. The highest BCUT2D eigenvalue weighted by atomic mass is 16.7. The van der Waals surface area contributed by atoms with Crippen LogP contribution in [0.5, 0.6) is 5.75 Å². The lowest BCUT2D eigenvalue weighted by Gasteiger charge is -2.21. The Kier molecular flexibility index (Phi) is 7.07. The molecule has 118 valence electrons. The summed E-state index contributed by atoms with van der Waals surface area (Å²) in [5, 5.41) is 0. The standard InChI is InChI=1S/C14H22N2O5/c1-10-13(21-9-19-5)11(6-17)12(7-20-8-18-4)14(15-10)16(2)3/h6H,7-9H2,1-5H3. The van der Waals surface area contributed by atoms with E-state index in [0.717, 1.165) is 6.29 Å². The second kappa shape index (κ2) is 8.56. The van der Waals surface area contributed by atoms with Crippen molar-refractivity contribution in [2.24, 2.45) is 0 Å². The largest absolute Gasteiger partial charge is 0.465 e. The molecule has 0 aliphatic carbocycles. The summed E-state index contributed by atoms with van der Waals surface area (Å²) in [6.45, 7) is 2.16. The van der Waals surface area contributed by atoms with Gasteiger partial charge in [-0.25, -0.2) is 4.98 Å². The lowest BCUT2D eigenvalue weighted by molar-refractivity contribution is -0.0392. The van der Waals surface area contributed by atoms with Crippen molar-refractivity contribution >= 4 is 12.1 Å². The molecule has 0 atom stereocenters. The van der Waals surface area contributed by atoms with Gasteiger partial charge in [-0.1, -0.05) is 0 Å². The number of aromatic nitrogens is 1. The van der Waals surface area contributed by atoms with E-state index in [1.165, 1.54) is 14.2 Å². The minimum atomic E-state index is 0.0447. The van der Waals surface area contributed by atoms with E-state index in [4.69, 9.17) is 18.9 Å². The van der Waals surface area contributed by atoms with E-state index >= 15 is 0 Å². The highest BCUT2D eigenvalue weighted by Gasteiger charge is 2.20. The average Bonchev–Trinajstić information content (AvgIpc) is 2.46. The molecule has 0 unspecified atom stereocenters. The first-order valence-corrected chi connectivity index (χ1v) is 6.41. The summed E-state index contributed by atoms with van der Waals surface area (Å²) < 4.78 is 20.6. The van der Waals surface area contributed by atoms with Gasteiger partial charge in [-0.05, 0) is 6.92 Å². The number of carbonyl (C=O) groups excluding carboxylic acids is 1. The summed E-state index contributed by atoms with van der Waals surface area (Å²) in [6, 6.07) is 0. The Bertz CT molecular complexity index is 477. The van der Waals surface area contributed by atoms with Crippen molar-refractivity contribution in [3.05, 3.63) is 16.8 Å². The molecule has 0 saturated carbocycles. The van der Waals surface area contributed by atoms with E-state index < -0.39 is 0 Å². The molecule has 0 radical (unpaired) electrons. The summed E-state index contributed by atoms with van der Waals surface area (Å²) >= 11 is 0. The molecule has 0 bridgehead atoms. The van der Waals surface area contributed by atoms with Crippen molar-refractivity contribution in [1.82, 2.24) is 4.98 Å². The lowest BCUT2D eigenvalue weighted by atomic mass is 10.1. The van der Waals surface area contributed by atoms with Crippen molar-refractivity contribution in [3.63, 3.8) is 0 Å². The maximum absolute atomic E-state index is 11.5. The number of ether oxygens (including phenoxy) is 4. The van der Waals surface area contributed by atoms with Crippen LogP contribution < -0.4 is 9.64 Å². The molecule has 0 aliphatic heterocycles. The van der Waals surface area contributed by atoms with Gasteiger partial charge in [0.15, 0.2) is 18.8 Å². The molecule has 7 nitrogen and oxygen atoms in total. The van der Waals surface area contributed by atoms with E-state index in [9.17, 15) is 4.79 Å². The van der Waals surface area contributed by atoms with Gasteiger partial charge in [0.2, 0.25) is 0 Å². The number of nitrogens with zero attached hydrogens (tertiary/aromatic N) is 2. The molecule has 1 aromatic heterocycles. The van der Waals surface area contributed by atoms with Crippen molar-refractivity contribution in [3.8, 4) is 5.75 Å². The highest BCUT2D eigenvalue weighted by Crippen LogP contribution is 2.31. The molecule has 0 spiro atoms. The fourth-order valence-corrected chi connectivity index (χ4v) is 1.89. The number of hydrogen-bond donors (Lipinski definition) is 0. The zero-order chi connectivity index (χ0) is 15.8. The Morgan fingerprint density at radius 2 is 1.86 bits per heavy atom. The van der Waals surface area contributed by atoms with Crippen molar-refractivity contribution in [2.45, 2.75) is 13.5 Å². The van der Waals surface area contributed by atoms with E-state index in [0.29, 0.717) is 28.4 Å². The van der Waals surface area contributed by atoms with E-state index in [2.05, 4.69) is 4.98 Å². The molecule has 0 N–H and O–H groups in total. The van der Waals surface area contributed by atoms with Gasteiger partial charge < -0.3 is 23.8 Å². The fourth-order valence-electron chi connectivity index (χ4n) is 1.89. The van der Waals surface area contributed by atoms with Gasteiger partial charge in [-0.3, -0.25) is 4.79 Å². The van der Waals surface area contributed by atoms with Crippen LogP contribution in [0, 0.1) is 6.92 Å². The van der Waals surface area contributed by atoms with Crippen LogP contribution in [0.2, 0.25) is 0 Å². The predicted octanol–water partition coefficient (Wildman–Crippen LogP) is 1.37. The molecular formula is C14H22N2O5. The van der Waals surface area contributed by atoms with Crippen LogP contribution in [0.1, 0.15) is 21.6 Å². The van der Waals surface area contributed by atoms with E-state index in [1.54, 1.807) is 6.92 Å². The predicted molar refractivity (Wildman–Crippen MR) is 77.9 cm³/mol. The zero-order valence-corrected chi connectivity index (χ0v) is 13.1. The normalized spacial score (nSPS) is 10.5. The zero-order valence-electron chi connectivity index (χ0n) is 13.1. The molecule has 0 aromatic carbocycles. The number of anilines is 1. The fraction of sp³-hybridized carbons (Fsp3) is 0.571. The summed E-state index contributed by atoms with van der Waals surface area (Å²) in [4.78, 5) is 17.8. The van der Waals surface area contributed by atoms with Crippen molar-refractivity contribution in [1.29, 1.82) is 0 Å². The van der Waals surface area contributed by atoms with Crippen LogP contribution in [-0.4, -0.2) is 53.2 Å². The highest BCUT2D eigenvalue weighted by molar-refractivity contribution is 5.84. The van der Waals surface area contributed by atoms with E-state index in [1.807, 2.05) is 19.0 Å². The molecule has 1 aromatic rings. The first kappa shape index (κ1) is 17.4. The maximum atomic E-state index is 11.5. The third-order valence-corrected chi connectivity index (χ3v) is 2.75. The van der Waals surface area contributed by atoms with Gasteiger partial charge in [0.05, 0.1) is 17.9 Å². The van der Waals surface area contributed by atoms with Crippen LogP contribution in [0.3, 0.4) is 0 Å². The van der Waals surface area contributed by atoms with Crippen LogP contribution >= 0.6 is 0 Å². The number of aldehydes is 1. The maximum Gasteiger partial charge on any atom is 0.188 e. The molecule has 1 heterocycles. The summed E-state index contributed by atoms with van der Waals surface area (Å²) in [7, 11) is 6.76. The van der Waals surface area contributed by atoms with E-state index in [-0.39, 0.29) is 20.2 Å². The topological polar surface area (TPSA) is 70.1 Å². The van der Waals surface area contributed by atoms with Crippen LogP contribution in [0.15, 0.2) is 0 Å². The van der Waals surface area contributed by atoms with Crippen LogP contribution in [0.4, 0.5) is 5.82 Å². The van der Waals surface area contributed by atoms with Crippen LogP contribution in [-0.2, 0) is 20.8 Å². The second-order valence-corrected chi connectivity index (χ2v) is 4.56. The molecule has 0 fully saturated rings. The number of carbonyl (C=O) groups is 1. The molecule has 0 saturated heterocycles. The third-order valence-electron chi connectivity index (χ3n) is 2.75. The SMILES string of the molecule is COCOCc1c(N(C)C)nc(C)c(OCOC)c1C=O. The summed E-state index contributed by atoms with van der Waals surface area (Å²) in [6.07, 6.45) is 0.748. The van der Waals surface area contributed by atoms with Crippen molar-refractivity contribution < 1.29 is 23.7 Å². The smallest absolute Gasteiger partial charge is 0.188 e. The number of hydrogen-bond acceptors (Lipinski definition) is 7. The Labute approximate surface area is 124 Å². The van der Waals surface area contributed by atoms with Gasteiger partial charge in [0, 0.05) is 33.9 Å². The monoisotopic (exact) mass is 298 g/mol. The first-order valence-electron chi connectivity index (χ1n) is 6.41. The third kappa shape index (κ3) is 4.38. The van der Waals surface area contributed by atoms with Gasteiger partial charge >= 0.3 is 0 Å². The number of methoxy groups -OCH3 is 2. The quantitative estimate of drug-likeness (QED) is 0.387. The first-order chi connectivity index (χ1) is 10.1. The Balaban J connectivity index is 3.28. The second-order valence-electron chi connectivity index (χ2n) is 4.56. The minimum Gasteiger partial charge on any atom is -0.465 e. The minimum absolute atomic E-state index is 0.0447. The Hall–Kier alpha value is -1.70. The molecular weight excluding hydrogens is 276 g/mol. The molecule has 0 amide bonds. The molecule has 7 heteroatoms.